The number of aliphatic hydroxyl groups excluding tert-OH is 1. The van der Waals surface area contributed by atoms with Crippen molar-refractivity contribution in [1.82, 2.24) is 0 Å². The maximum atomic E-state index is 10.3. The Labute approximate surface area is 64.8 Å². The van der Waals surface area contributed by atoms with Gasteiger partial charge >= 0.3 is 5.97 Å². The molecule has 1 heterocycles. The molecular formula is C7H12O4. The lowest BCUT2D eigenvalue weighted by Gasteiger charge is -2.24. The average Bonchev–Trinajstić information content (AvgIpc) is 2.05. The second-order valence-electron chi connectivity index (χ2n) is 2.69. The van der Waals surface area contributed by atoms with Crippen LogP contribution < -0.4 is 0 Å². The summed E-state index contributed by atoms with van der Waals surface area (Å²) < 4.78 is 5.07. The second-order valence-corrected chi connectivity index (χ2v) is 2.69. The lowest BCUT2D eigenvalue weighted by molar-refractivity contribution is -0.158. The number of aliphatic carboxylic acids is 1. The summed E-state index contributed by atoms with van der Waals surface area (Å²) in [6, 6.07) is 0. The van der Waals surface area contributed by atoms with Gasteiger partial charge in [-0.15, -0.1) is 0 Å². The molecule has 0 aliphatic carbocycles. The van der Waals surface area contributed by atoms with Gasteiger partial charge in [0.1, 0.15) is 0 Å². The van der Waals surface area contributed by atoms with Crippen LogP contribution in [-0.2, 0) is 9.53 Å². The third-order valence-electron chi connectivity index (χ3n) is 1.82. The number of carboxylic acid groups (broad SMARTS) is 1. The minimum absolute atomic E-state index is 0.499. The van der Waals surface area contributed by atoms with Crippen LogP contribution in [0.1, 0.15) is 19.3 Å². The molecule has 0 aromatic heterocycles. The highest BCUT2D eigenvalue weighted by atomic mass is 16.5. The normalized spacial score (nSPS) is 27.9. The molecule has 11 heavy (non-hydrogen) atoms. The first-order chi connectivity index (χ1) is 5.22. The summed E-state index contributed by atoms with van der Waals surface area (Å²) in [6.45, 7) is 0.564. The van der Waals surface area contributed by atoms with Gasteiger partial charge in [0.05, 0.1) is 6.10 Å². The predicted octanol–water partition coefficient (Wildman–Crippen LogP) is 0.00100. The van der Waals surface area contributed by atoms with Gasteiger partial charge in [-0.25, -0.2) is 4.79 Å². The van der Waals surface area contributed by atoms with E-state index in [1.165, 1.54) is 0 Å². The minimum atomic E-state index is -1.35. The van der Waals surface area contributed by atoms with Crippen LogP contribution >= 0.6 is 0 Å². The van der Waals surface area contributed by atoms with Crippen molar-refractivity contribution in [2.24, 2.45) is 0 Å². The molecule has 4 heteroatoms. The minimum Gasteiger partial charge on any atom is -0.479 e. The molecule has 0 radical (unpaired) electrons. The number of carbonyl (C=O) groups is 1. The Morgan fingerprint density at radius 1 is 1.55 bits per heavy atom. The van der Waals surface area contributed by atoms with E-state index in [2.05, 4.69) is 0 Å². The van der Waals surface area contributed by atoms with E-state index in [0.717, 1.165) is 12.8 Å². The molecule has 0 aromatic rings. The summed E-state index contributed by atoms with van der Waals surface area (Å²) in [5, 5.41) is 17.4. The molecule has 0 bridgehead atoms. The van der Waals surface area contributed by atoms with E-state index in [0.29, 0.717) is 13.0 Å². The van der Waals surface area contributed by atoms with Gasteiger partial charge < -0.3 is 14.9 Å². The Morgan fingerprint density at radius 2 is 2.27 bits per heavy atom. The van der Waals surface area contributed by atoms with Crippen LogP contribution in [0.25, 0.3) is 0 Å². The van der Waals surface area contributed by atoms with Crippen molar-refractivity contribution in [2.75, 3.05) is 6.61 Å². The molecule has 0 saturated carbocycles. The van der Waals surface area contributed by atoms with Gasteiger partial charge in [0, 0.05) is 6.61 Å². The topological polar surface area (TPSA) is 66.8 Å². The molecule has 1 rings (SSSR count). The van der Waals surface area contributed by atoms with Crippen molar-refractivity contribution < 1.29 is 19.7 Å². The SMILES string of the molecule is O=C(O)C(O)C1CCCCO1. The monoisotopic (exact) mass is 160 g/mol. The molecule has 64 valence electrons. The number of ether oxygens (including phenoxy) is 1. The molecule has 1 aliphatic rings. The fraction of sp³-hybridized carbons (Fsp3) is 0.857. The first-order valence-corrected chi connectivity index (χ1v) is 3.74. The second kappa shape index (κ2) is 3.69. The third kappa shape index (κ3) is 2.17. The van der Waals surface area contributed by atoms with E-state index >= 15 is 0 Å². The van der Waals surface area contributed by atoms with Crippen LogP contribution in [0.5, 0.6) is 0 Å². The lowest BCUT2D eigenvalue weighted by atomic mass is 10.0. The zero-order valence-electron chi connectivity index (χ0n) is 6.19. The van der Waals surface area contributed by atoms with Gasteiger partial charge in [-0.3, -0.25) is 0 Å². The highest BCUT2D eigenvalue weighted by molar-refractivity contribution is 5.72. The molecule has 1 aliphatic heterocycles. The number of hydrogen-bond acceptors (Lipinski definition) is 3. The summed E-state index contributed by atoms with van der Waals surface area (Å²) in [4.78, 5) is 10.3. The molecular weight excluding hydrogens is 148 g/mol. The molecule has 2 unspecified atom stereocenters. The van der Waals surface area contributed by atoms with Crippen molar-refractivity contribution >= 4 is 5.97 Å². The highest BCUT2D eigenvalue weighted by Crippen LogP contribution is 2.15. The van der Waals surface area contributed by atoms with Crippen molar-refractivity contribution in [3.8, 4) is 0 Å². The van der Waals surface area contributed by atoms with Crippen molar-refractivity contribution in [1.29, 1.82) is 0 Å². The fourth-order valence-electron chi connectivity index (χ4n) is 1.17. The summed E-state index contributed by atoms with van der Waals surface area (Å²) in [5.74, 6) is -1.20. The molecule has 4 nitrogen and oxygen atoms in total. The maximum absolute atomic E-state index is 10.3. The van der Waals surface area contributed by atoms with Crippen molar-refractivity contribution in [3.05, 3.63) is 0 Å². The van der Waals surface area contributed by atoms with Crippen LogP contribution in [0.3, 0.4) is 0 Å². The number of carboxylic acids is 1. The Balaban J connectivity index is 2.38. The van der Waals surface area contributed by atoms with Crippen molar-refractivity contribution in [2.45, 2.75) is 31.5 Å². The van der Waals surface area contributed by atoms with Crippen LogP contribution in [0.15, 0.2) is 0 Å². The van der Waals surface area contributed by atoms with E-state index in [1.54, 1.807) is 0 Å². The molecule has 2 atom stereocenters. The Bertz CT molecular complexity index is 139. The Hall–Kier alpha value is -0.610. The smallest absolute Gasteiger partial charge is 0.335 e. The average molecular weight is 160 g/mol. The summed E-state index contributed by atoms with van der Waals surface area (Å²) in [7, 11) is 0. The van der Waals surface area contributed by atoms with Gasteiger partial charge in [0.15, 0.2) is 6.10 Å². The Kier molecular flexibility index (Phi) is 2.84. The highest BCUT2D eigenvalue weighted by Gasteiger charge is 2.27. The summed E-state index contributed by atoms with van der Waals surface area (Å²) in [6.07, 6.45) is 0.697. The lowest BCUT2D eigenvalue weighted by Crippen LogP contribution is -2.37. The van der Waals surface area contributed by atoms with Crippen LogP contribution in [0.2, 0.25) is 0 Å². The zero-order valence-corrected chi connectivity index (χ0v) is 6.19. The maximum Gasteiger partial charge on any atom is 0.335 e. The summed E-state index contributed by atoms with van der Waals surface area (Å²) in [5.41, 5.74) is 0. The van der Waals surface area contributed by atoms with Crippen LogP contribution in [0, 0.1) is 0 Å². The largest absolute Gasteiger partial charge is 0.479 e. The van der Waals surface area contributed by atoms with E-state index in [4.69, 9.17) is 14.9 Å². The first kappa shape index (κ1) is 8.49. The van der Waals surface area contributed by atoms with E-state index in [-0.39, 0.29) is 0 Å². The quantitative estimate of drug-likeness (QED) is 0.596. The van der Waals surface area contributed by atoms with Crippen molar-refractivity contribution in [3.63, 3.8) is 0 Å². The predicted molar refractivity (Wildman–Crippen MR) is 37.2 cm³/mol. The number of rotatable bonds is 2. The van der Waals surface area contributed by atoms with Gasteiger partial charge in [-0.2, -0.15) is 0 Å². The van der Waals surface area contributed by atoms with Gasteiger partial charge in [0.25, 0.3) is 0 Å². The van der Waals surface area contributed by atoms with Crippen LogP contribution in [0.4, 0.5) is 0 Å². The third-order valence-corrected chi connectivity index (χ3v) is 1.82. The van der Waals surface area contributed by atoms with Crippen LogP contribution in [-0.4, -0.2) is 35.0 Å². The number of aliphatic hydroxyl groups is 1. The zero-order chi connectivity index (χ0) is 8.27. The fourth-order valence-corrected chi connectivity index (χ4v) is 1.17. The van der Waals surface area contributed by atoms with E-state index in [1.807, 2.05) is 0 Å². The standard InChI is InChI=1S/C7H12O4/c8-6(7(9)10)5-3-1-2-4-11-5/h5-6,8H,1-4H2,(H,9,10). The molecule has 1 fully saturated rings. The van der Waals surface area contributed by atoms with E-state index < -0.39 is 18.2 Å². The first-order valence-electron chi connectivity index (χ1n) is 3.74. The summed E-state index contributed by atoms with van der Waals surface area (Å²) >= 11 is 0. The molecule has 1 saturated heterocycles. The van der Waals surface area contributed by atoms with Gasteiger partial charge in [-0.1, -0.05) is 0 Å². The molecule has 0 amide bonds. The van der Waals surface area contributed by atoms with Gasteiger partial charge in [0.2, 0.25) is 0 Å². The number of hydrogen-bond donors (Lipinski definition) is 2. The molecule has 2 N–H and O–H groups in total. The van der Waals surface area contributed by atoms with E-state index in [9.17, 15) is 4.79 Å². The molecule has 0 spiro atoms. The van der Waals surface area contributed by atoms with Gasteiger partial charge in [-0.05, 0) is 19.3 Å². The molecule has 0 aromatic carbocycles. The Morgan fingerprint density at radius 3 is 2.73 bits per heavy atom.